The van der Waals surface area contributed by atoms with Gasteiger partial charge in [-0.1, -0.05) is 70.4 Å². The van der Waals surface area contributed by atoms with E-state index in [-0.39, 0.29) is 12.6 Å². The number of unbranched alkanes of at least 4 members (excludes halogenated alkanes) is 11. The van der Waals surface area contributed by atoms with Crippen LogP contribution in [0, 0.1) is 0 Å². The molecule has 170 valence electrons. The average molecular weight is 413 g/mol. The van der Waals surface area contributed by atoms with Gasteiger partial charge in [0.2, 0.25) is 0 Å². The number of ether oxygens (including phenoxy) is 2. The third-order valence-corrected chi connectivity index (χ3v) is 5.54. The van der Waals surface area contributed by atoms with E-state index in [4.69, 9.17) is 9.47 Å². The molecular formula is C24H44O5. The summed E-state index contributed by atoms with van der Waals surface area (Å²) in [6.07, 6.45) is 19.2. The highest BCUT2D eigenvalue weighted by atomic mass is 16.6. The summed E-state index contributed by atoms with van der Waals surface area (Å²) in [6.45, 7) is 2.59. The summed E-state index contributed by atoms with van der Waals surface area (Å²) >= 11 is 0. The van der Waals surface area contributed by atoms with Crippen molar-refractivity contribution < 1.29 is 24.5 Å². The molecule has 0 spiro atoms. The molecule has 1 rings (SSSR count). The molecule has 1 aliphatic rings. The van der Waals surface area contributed by atoms with Crippen LogP contribution in [0.1, 0.15) is 103 Å². The third kappa shape index (κ3) is 13.8. The van der Waals surface area contributed by atoms with Crippen molar-refractivity contribution in [1.29, 1.82) is 0 Å². The highest BCUT2D eigenvalue weighted by molar-refractivity contribution is 5.69. The van der Waals surface area contributed by atoms with Gasteiger partial charge in [-0.2, -0.15) is 0 Å². The van der Waals surface area contributed by atoms with Crippen molar-refractivity contribution in [2.75, 3.05) is 13.2 Å². The molecule has 0 aromatic rings. The van der Waals surface area contributed by atoms with Gasteiger partial charge < -0.3 is 19.7 Å². The van der Waals surface area contributed by atoms with Crippen molar-refractivity contribution in [2.24, 2.45) is 0 Å². The molecule has 0 radical (unpaired) electrons. The topological polar surface area (TPSA) is 76.0 Å². The molecule has 0 aromatic carbocycles. The van der Waals surface area contributed by atoms with Gasteiger partial charge in [-0.05, 0) is 38.5 Å². The summed E-state index contributed by atoms with van der Waals surface area (Å²) < 4.78 is 10.3. The Morgan fingerprint density at radius 3 is 2.17 bits per heavy atom. The first kappa shape index (κ1) is 26.1. The lowest BCUT2D eigenvalue weighted by Crippen LogP contribution is -2.38. The second kappa shape index (κ2) is 17.9. The number of allylic oxidation sites excluding steroid dienone is 2. The van der Waals surface area contributed by atoms with Gasteiger partial charge in [0.1, 0.15) is 18.8 Å². The molecule has 0 saturated carbocycles. The molecule has 1 saturated heterocycles. The lowest BCUT2D eigenvalue weighted by Gasteiger charge is -2.20. The van der Waals surface area contributed by atoms with E-state index in [1.165, 1.54) is 57.8 Å². The van der Waals surface area contributed by atoms with E-state index in [2.05, 4.69) is 19.1 Å². The van der Waals surface area contributed by atoms with Crippen molar-refractivity contribution >= 4 is 5.97 Å². The van der Waals surface area contributed by atoms with Gasteiger partial charge in [-0.3, -0.25) is 4.79 Å². The summed E-state index contributed by atoms with van der Waals surface area (Å²) in [4.78, 5) is 11.7. The van der Waals surface area contributed by atoms with E-state index < -0.39 is 18.3 Å². The molecule has 0 unspecified atom stereocenters. The highest BCUT2D eigenvalue weighted by Gasteiger charge is 2.33. The summed E-state index contributed by atoms with van der Waals surface area (Å²) in [5, 5.41) is 19.6. The smallest absolute Gasteiger partial charge is 0.305 e. The van der Waals surface area contributed by atoms with Crippen LogP contribution in [0.2, 0.25) is 0 Å². The van der Waals surface area contributed by atoms with E-state index >= 15 is 0 Å². The first-order valence-electron chi connectivity index (χ1n) is 11.9. The first-order valence-corrected chi connectivity index (χ1v) is 11.9. The van der Waals surface area contributed by atoms with Gasteiger partial charge in [-0.15, -0.1) is 0 Å². The molecule has 5 nitrogen and oxygen atoms in total. The molecule has 0 bridgehead atoms. The van der Waals surface area contributed by atoms with Crippen molar-refractivity contribution in [3.63, 3.8) is 0 Å². The van der Waals surface area contributed by atoms with Crippen LogP contribution >= 0.6 is 0 Å². The Hall–Kier alpha value is -0.910. The third-order valence-electron chi connectivity index (χ3n) is 5.54. The van der Waals surface area contributed by atoms with E-state index in [1.807, 2.05) is 0 Å². The lowest BCUT2D eigenvalue weighted by molar-refractivity contribution is -0.151. The Balaban J connectivity index is 1.84. The summed E-state index contributed by atoms with van der Waals surface area (Å²) in [6, 6.07) is 0. The largest absolute Gasteiger partial charge is 0.463 e. The van der Waals surface area contributed by atoms with Crippen LogP contribution in [-0.2, 0) is 14.3 Å². The fourth-order valence-corrected chi connectivity index (χ4v) is 3.65. The molecule has 3 atom stereocenters. The van der Waals surface area contributed by atoms with E-state index in [0.29, 0.717) is 19.4 Å². The Kier molecular flexibility index (Phi) is 16.1. The normalized spacial score (nSPS) is 20.4. The minimum absolute atomic E-state index is 0.106. The number of hydrogen-bond donors (Lipinski definition) is 2. The second-order valence-electron chi connectivity index (χ2n) is 8.28. The molecule has 5 heteroatoms. The SMILES string of the molecule is CCCCCCCC/C=C\CCCCCCCC(=O)OC[C@H](O)[C@H]1OCC[C@H]1O. The van der Waals surface area contributed by atoms with Crippen molar-refractivity contribution in [1.82, 2.24) is 0 Å². The number of hydrogen-bond acceptors (Lipinski definition) is 5. The molecular weight excluding hydrogens is 368 g/mol. The van der Waals surface area contributed by atoms with Gasteiger partial charge in [0.25, 0.3) is 0 Å². The monoisotopic (exact) mass is 412 g/mol. The second-order valence-corrected chi connectivity index (χ2v) is 8.28. The van der Waals surface area contributed by atoms with Gasteiger partial charge in [0.15, 0.2) is 0 Å². The number of carbonyl (C=O) groups excluding carboxylic acids is 1. The molecule has 0 amide bonds. The van der Waals surface area contributed by atoms with Crippen LogP contribution in [0.5, 0.6) is 0 Å². The summed E-state index contributed by atoms with van der Waals surface area (Å²) in [5.41, 5.74) is 0. The Bertz CT molecular complexity index is 423. The number of aliphatic hydroxyl groups is 2. The molecule has 29 heavy (non-hydrogen) atoms. The van der Waals surface area contributed by atoms with Crippen LogP contribution in [-0.4, -0.2) is 47.7 Å². The maximum atomic E-state index is 11.7. The summed E-state index contributed by atoms with van der Waals surface area (Å²) in [7, 11) is 0. The van der Waals surface area contributed by atoms with Crippen molar-refractivity contribution in [3.8, 4) is 0 Å². The Morgan fingerprint density at radius 2 is 1.59 bits per heavy atom. The standard InChI is InChI=1S/C24H44O5/c1-2-3-4-5-6-7-8-9-10-11-12-13-14-15-16-17-23(27)29-20-22(26)24-21(25)18-19-28-24/h9-10,21-22,24-26H,2-8,11-20H2,1H3/b10-9-/t21-,22+,24+/m1/s1. The highest BCUT2D eigenvalue weighted by Crippen LogP contribution is 2.17. The molecule has 2 N–H and O–H groups in total. The fraction of sp³-hybridized carbons (Fsp3) is 0.875. The number of rotatable bonds is 18. The molecule has 1 heterocycles. The Morgan fingerprint density at radius 1 is 1.00 bits per heavy atom. The van der Waals surface area contributed by atoms with Gasteiger partial charge in [0.05, 0.1) is 6.10 Å². The van der Waals surface area contributed by atoms with Crippen molar-refractivity contribution in [3.05, 3.63) is 12.2 Å². The van der Waals surface area contributed by atoms with Crippen LogP contribution in [0.3, 0.4) is 0 Å². The minimum Gasteiger partial charge on any atom is -0.463 e. The fourth-order valence-electron chi connectivity index (χ4n) is 3.65. The van der Waals surface area contributed by atoms with Crippen molar-refractivity contribution in [2.45, 2.75) is 122 Å². The number of esters is 1. The van der Waals surface area contributed by atoms with E-state index in [0.717, 1.165) is 25.7 Å². The predicted octanol–water partition coefficient (Wildman–Crippen LogP) is 5.08. The molecule has 0 aromatic heterocycles. The van der Waals surface area contributed by atoms with Gasteiger partial charge >= 0.3 is 5.97 Å². The maximum Gasteiger partial charge on any atom is 0.305 e. The minimum atomic E-state index is -0.953. The van der Waals surface area contributed by atoms with Gasteiger partial charge in [0, 0.05) is 13.0 Å². The van der Waals surface area contributed by atoms with E-state index in [1.54, 1.807) is 0 Å². The molecule has 1 aliphatic heterocycles. The maximum absolute atomic E-state index is 11.7. The number of carbonyl (C=O) groups is 1. The number of aliphatic hydroxyl groups excluding tert-OH is 2. The van der Waals surface area contributed by atoms with Crippen LogP contribution in [0.4, 0.5) is 0 Å². The predicted molar refractivity (Wildman–Crippen MR) is 117 cm³/mol. The Labute approximate surface area is 177 Å². The van der Waals surface area contributed by atoms with Crippen LogP contribution in [0.15, 0.2) is 12.2 Å². The van der Waals surface area contributed by atoms with Gasteiger partial charge in [-0.25, -0.2) is 0 Å². The summed E-state index contributed by atoms with van der Waals surface area (Å²) in [5.74, 6) is -0.283. The quantitative estimate of drug-likeness (QED) is 0.187. The zero-order valence-electron chi connectivity index (χ0n) is 18.5. The van der Waals surface area contributed by atoms with Crippen LogP contribution in [0.25, 0.3) is 0 Å². The molecule has 0 aliphatic carbocycles. The lowest BCUT2D eigenvalue weighted by atomic mass is 10.1. The average Bonchev–Trinajstić information content (AvgIpc) is 3.15. The zero-order valence-corrected chi connectivity index (χ0v) is 18.5. The molecule has 1 fully saturated rings. The van der Waals surface area contributed by atoms with Crippen LogP contribution < -0.4 is 0 Å². The zero-order chi connectivity index (χ0) is 21.2. The first-order chi connectivity index (χ1) is 14.1. The van der Waals surface area contributed by atoms with E-state index in [9.17, 15) is 15.0 Å².